The highest BCUT2D eigenvalue weighted by atomic mass is 79.9. The lowest BCUT2D eigenvalue weighted by molar-refractivity contribution is 0.631. The third-order valence-corrected chi connectivity index (χ3v) is 5.58. The van der Waals surface area contributed by atoms with Crippen LogP contribution in [0.15, 0.2) is 19.8 Å². The number of H-pyrrole nitrogens is 1. The number of hydrogen-bond donors (Lipinski definition) is 1. The number of nitrogens with one attached hydrogen (secondary N) is 1. The molecule has 2 aromatic rings. The second kappa shape index (κ2) is 5.89. The standard InChI is InChI=1S/C13H14Br2N2OS/c1-6(2)4-9-11(15)13(18)17-12(16-9)10-5-8(14)7(3)19-10/h5-6H,4H2,1-3H3,(H,16,17,18). The Morgan fingerprint density at radius 2 is 2.11 bits per heavy atom. The van der Waals surface area contributed by atoms with E-state index in [0.717, 1.165) is 21.5 Å². The van der Waals surface area contributed by atoms with Crippen molar-refractivity contribution in [1.82, 2.24) is 9.97 Å². The zero-order chi connectivity index (χ0) is 14.2. The van der Waals surface area contributed by atoms with E-state index in [9.17, 15) is 4.79 Å². The van der Waals surface area contributed by atoms with Gasteiger partial charge in [-0.05, 0) is 57.2 Å². The topological polar surface area (TPSA) is 45.8 Å². The average molecular weight is 406 g/mol. The lowest BCUT2D eigenvalue weighted by Gasteiger charge is -2.07. The van der Waals surface area contributed by atoms with E-state index in [-0.39, 0.29) is 5.56 Å². The minimum Gasteiger partial charge on any atom is -0.305 e. The summed E-state index contributed by atoms with van der Waals surface area (Å²) in [5, 5.41) is 0. The van der Waals surface area contributed by atoms with E-state index >= 15 is 0 Å². The van der Waals surface area contributed by atoms with E-state index < -0.39 is 0 Å². The van der Waals surface area contributed by atoms with Crippen molar-refractivity contribution < 1.29 is 0 Å². The first-order valence-electron chi connectivity index (χ1n) is 5.93. The van der Waals surface area contributed by atoms with E-state index in [1.54, 1.807) is 11.3 Å². The van der Waals surface area contributed by atoms with Crippen LogP contribution in [0.1, 0.15) is 24.4 Å². The third kappa shape index (κ3) is 3.35. The molecule has 0 unspecified atom stereocenters. The van der Waals surface area contributed by atoms with Gasteiger partial charge in [0.25, 0.3) is 5.56 Å². The van der Waals surface area contributed by atoms with Crippen LogP contribution in [-0.2, 0) is 6.42 Å². The molecule has 0 aliphatic heterocycles. The molecule has 0 spiro atoms. The Morgan fingerprint density at radius 3 is 2.63 bits per heavy atom. The summed E-state index contributed by atoms with van der Waals surface area (Å²) in [4.78, 5) is 21.5. The Morgan fingerprint density at radius 1 is 1.42 bits per heavy atom. The fourth-order valence-corrected chi connectivity index (χ4v) is 3.55. The van der Waals surface area contributed by atoms with E-state index in [1.807, 2.05) is 13.0 Å². The molecule has 102 valence electrons. The monoisotopic (exact) mass is 404 g/mol. The largest absolute Gasteiger partial charge is 0.305 e. The van der Waals surface area contributed by atoms with Crippen LogP contribution < -0.4 is 5.56 Å². The molecule has 2 aromatic heterocycles. The van der Waals surface area contributed by atoms with Crippen molar-refractivity contribution in [3.63, 3.8) is 0 Å². The molecule has 0 radical (unpaired) electrons. The summed E-state index contributed by atoms with van der Waals surface area (Å²) in [5.74, 6) is 1.10. The minimum atomic E-state index is -0.122. The summed E-state index contributed by atoms with van der Waals surface area (Å²) in [7, 11) is 0. The highest BCUT2D eigenvalue weighted by Gasteiger charge is 2.13. The average Bonchev–Trinajstić information content (AvgIpc) is 2.65. The van der Waals surface area contributed by atoms with Gasteiger partial charge in [-0.25, -0.2) is 4.98 Å². The summed E-state index contributed by atoms with van der Waals surface area (Å²) in [6, 6.07) is 1.99. The molecule has 0 saturated carbocycles. The van der Waals surface area contributed by atoms with Crippen LogP contribution in [0.3, 0.4) is 0 Å². The van der Waals surface area contributed by atoms with E-state index in [2.05, 4.69) is 55.7 Å². The summed E-state index contributed by atoms with van der Waals surface area (Å²) < 4.78 is 1.58. The van der Waals surface area contributed by atoms with E-state index in [0.29, 0.717) is 16.2 Å². The van der Waals surface area contributed by atoms with Crippen LogP contribution in [0, 0.1) is 12.8 Å². The number of thiophene rings is 1. The fourth-order valence-electron chi connectivity index (χ4n) is 1.72. The smallest absolute Gasteiger partial charge is 0.265 e. The number of aromatic nitrogens is 2. The highest BCUT2D eigenvalue weighted by molar-refractivity contribution is 9.10. The zero-order valence-corrected chi connectivity index (χ0v) is 14.9. The molecule has 0 aromatic carbocycles. The molecule has 0 aliphatic carbocycles. The van der Waals surface area contributed by atoms with Gasteiger partial charge in [-0.1, -0.05) is 13.8 Å². The Kier molecular flexibility index (Phi) is 4.63. The zero-order valence-electron chi connectivity index (χ0n) is 10.9. The lowest BCUT2D eigenvalue weighted by Crippen LogP contribution is -2.14. The maximum atomic E-state index is 12.0. The summed E-state index contributed by atoms with van der Waals surface area (Å²) in [5.41, 5.74) is 0.693. The molecule has 0 aliphatic rings. The molecule has 0 atom stereocenters. The van der Waals surface area contributed by atoms with Gasteiger partial charge in [0.2, 0.25) is 0 Å². The normalized spacial score (nSPS) is 11.3. The molecule has 0 amide bonds. The molecule has 3 nitrogen and oxygen atoms in total. The van der Waals surface area contributed by atoms with Gasteiger partial charge in [0, 0.05) is 9.35 Å². The number of halogens is 2. The number of rotatable bonds is 3. The van der Waals surface area contributed by atoms with Crippen molar-refractivity contribution in [3.8, 4) is 10.7 Å². The van der Waals surface area contributed by atoms with Crippen LogP contribution in [-0.4, -0.2) is 9.97 Å². The van der Waals surface area contributed by atoms with E-state index in [1.165, 1.54) is 4.88 Å². The van der Waals surface area contributed by atoms with Crippen molar-refractivity contribution in [2.24, 2.45) is 5.92 Å². The molecule has 0 bridgehead atoms. The first-order chi connectivity index (χ1) is 8.88. The SMILES string of the molecule is Cc1sc(-c2nc(CC(C)C)c(Br)c(=O)[nH]2)cc1Br. The molecule has 2 heterocycles. The van der Waals surface area contributed by atoms with Gasteiger partial charge in [0.05, 0.1) is 10.6 Å². The van der Waals surface area contributed by atoms with Crippen LogP contribution in [0.5, 0.6) is 0 Å². The van der Waals surface area contributed by atoms with Crippen molar-refractivity contribution in [2.75, 3.05) is 0 Å². The van der Waals surface area contributed by atoms with Gasteiger partial charge in [0.15, 0.2) is 5.82 Å². The van der Waals surface area contributed by atoms with Crippen molar-refractivity contribution in [3.05, 3.63) is 35.9 Å². The molecule has 0 saturated heterocycles. The minimum absolute atomic E-state index is 0.122. The second-order valence-corrected chi connectivity index (χ2v) is 7.69. The number of aromatic amines is 1. The van der Waals surface area contributed by atoms with Crippen LogP contribution in [0.4, 0.5) is 0 Å². The highest BCUT2D eigenvalue weighted by Crippen LogP contribution is 2.32. The van der Waals surface area contributed by atoms with Gasteiger partial charge in [0.1, 0.15) is 4.47 Å². The van der Waals surface area contributed by atoms with Crippen LogP contribution in [0.25, 0.3) is 10.7 Å². The van der Waals surface area contributed by atoms with Crippen molar-refractivity contribution in [1.29, 1.82) is 0 Å². The van der Waals surface area contributed by atoms with Gasteiger partial charge in [-0.2, -0.15) is 0 Å². The summed E-state index contributed by atoms with van der Waals surface area (Å²) >= 11 is 8.42. The molecule has 2 rings (SSSR count). The molecular formula is C13H14Br2N2OS. The second-order valence-electron chi connectivity index (χ2n) is 4.79. The van der Waals surface area contributed by atoms with Gasteiger partial charge in [-0.3, -0.25) is 4.79 Å². The maximum Gasteiger partial charge on any atom is 0.265 e. The molecule has 1 N–H and O–H groups in total. The first kappa shape index (κ1) is 14.9. The maximum absolute atomic E-state index is 12.0. The van der Waals surface area contributed by atoms with Gasteiger partial charge in [-0.15, -0.1) is 11.3 Å². The fraction of sp³-hybridized carbons (Fsp3) is 0.385. The Labute approximate surface area is 132 Å². The number of aryl methyl sites for hydroxylation is 1. The Balaban J connectivity index is 2.53. The predicted molar refractivity (Wildman–Crippen MR) is 86.8 cm³/mol. The van der Waals surface area contributed by atoms with Crippen LogP contribution >= 0.6 is 43.2 Å². The third-order valence-electron chi connectivity index (χ3n) is 2.62. The number of nitrogens with zero attached hydrogens (tertiary/aromatic N) is 1. The Hall–Kier alpha value is -0.460. The molecule has 19 heavy (non-hydrogen) atoms. The summed E-state index contributed by atoms with van der Waals surface area (Å²) in [6.07, 6.45) is 0.781. The quantitative estimate of drug-likeness (QED) is 0.815. The molecule has 0 fully saturated rings. The van der Waals surface area contributed by atoms with Gasteiger partial charge < -0.3 is 4.98 Å². The molecule has 6 heteroatoms. The first-order valence-corrected chi connectivity index (χ1v) is 8.33. The van der Waals surface area contributed by atoms with E-state index in [4.69, 9.17) is 0 Å². The lowest BCUT2D eigenvalue weighted by atomic mass is 10.1. The Bertz CT molecular complexity index is 642. The summed E-state index contributed by atoms with van der Waals surface area (Å²) in [6.45, 7) is 6.26. The van der Waals surface area contributed by atoms with Crippen molar-refractivity contribution in [2.45, 2.75) is 27.2 Å². The molecular weight excluding hydrogens is 392 g/mol. The number of hydrogen-bond acceptors (Lipinski definition) is 3. The van der Waals surface area contributed by atoms with Crippen molar-refractivity contribution >= 4 is 43.2 Å². The predicted octanol–water partition coefficient (Wildman–Crippen LogP) is 4.53. The van der Waals surface area contributed by atoms with Gasteiger partial charge >= 0.3 is 0 Å². The van der Waals surface area contributed by atoms with Crippen LogP contribution in [0.2, 0.25) is 0 Å².